The second kappa shape index (κ2) is 6.58. The maximum Gasteiger partial charge on any atom is 0.243 e. The first-order valence-corrected chi connectivity index (χ1v) is 8.92. The molecule has 5 nitrogen and oxygen atoms in total. The first kappa shape index (κ1) is 17.3. The lowest BCUT2D eigenvalue weighted by molar-refractivity contribution is -0.0248. The fourth-order valence-corrected chi connectivity index (χ4v) is 5.07. The van der Waals surface area contributed by atoms with E-state index < -0.39 is 16.1 Å². The Morgan fingerprint density at radius 1 is 1.33 bits per heavy atom. The Balaban J connectivity index is 2.27. The molecule has 2 rings (SSSR count). The molecule has 118 valence electrons. The van der Waals surface area contributed by atoms with E-state index in [1.54, 1.807) is 0 Å². The molecule has 1 aliphatic carbocycles. The van der Waals surface area contributed by atoms with E-state index in [2.05, 4.69) is 4.72 Å². The minimum Gasteiger partial charge on any atom is -0.377 e. The van der Waals surface area contributed by atoms with Crippen molar-refractivity contribution in [3.05, 3.63) is 27.2 Å². The molecule has 1 aromatic rings. The van der Waals surface area contributed by atoms with Crippen LogP contribution in [-0.4, -0.2) is 33.2 Å². The average Bonchev–Trinajstić information content (AvgIpc) is 2.34. The molecule has 3 N–H and O–H groups in total. The van der Waals surface area contributed by atoms with E-state index in [1.165, 1.54) is 12.1 Å². The Morgan fingerprint density at radius 3 is 2.38 bits per heavy atom. The van der Waals surface area contributed by atoms with Crippen molar-refractivity contribution in [2.45, 2.75) is 36.4 Å². The predicted molar refractivity (Wildman–Crippen MR) is 83.6 cm³/mol. The molecule has 0 amide bonds. The maximum absolute atomic E-state index is 12.4. The molecule has 1 saturated carbocycles. The third-order valence-corrected chi connectivity index (χ3v) is 5.87. The van der Waals surface area contributed by atoms with Crippen molar-refractivity contribution in [3.8, 4) is 0 Å². The van der Waals surface area contributed by atoms with Crippen LogP contribution in [0.2, 0.25) is 15.1 Å². The highest BCUT2D eigenvalue weighted by Gasteiger charge is 2.42. The van der Waals surface area contributed by atoms with Crippen LogP contribution < -0.4 is 10.5 Å². The summed E-state index contributed by atoms with van der Waals surface area (Å²) < 4.78 is 32.8. The molecular formula is C12H15Cl3N2O3S. The minimum atomic E-state index is -3.92. The van der Waals surface area contributed by atoms with Gasteiger partial charge in [-0.15, -0.1) is 0 Å². The van der Waals surface area contributed by atoms with Crippen molar-refractivity contribution in [1.29, 1.82) is 0 Å². The van der Waals surface area contributed by atoms with Gasteiger partial charge in [-0.05, 0) is 25.5 Å². The molecule has 0 heterocycles. The van der Waals surface area contributed by atoms with Crippen molar-refractivity contribution >= 4 is 44.8 Å². The fourth-order valence-electron chi connectivity index (χ4n) is 2.21. The van der Waals surface area contributed by atoms with Gasteiger partial charge in [-0.3, -0.25) is 0 Å². The van der Waals surface area contributed by atoms with Gasteiger partial charge in [-0.1, -0.05) is 34.8 Å². The summed E-state index contributed by atoms with van der Waals surface area (Å²) in [6, 6.07) is 1.84. The van der Waals surface area contributed by atoms with Crippen LogP contribution in [0.25, 0.3) is 0 Å². The summed E-state index contributed by atoms with van der Waals surface area (Å²) in [6.45, 7) is 2.32. The van der Waals surface area contributed by atoms with Crippen LogP contribution >= 0.6 is 34.8 Å². The second-order valence-electron chi connectivity index (χ2n) is 4.74. The summed E-state index contributed by atoms with van der Waals surface area (Å²) in [6.07, 6.45) is 0.355. The van der Waals surface area contributed by atoms with Gasteiger partial charge in [0.15, 0.2) is 0 Å². The van der Waals surface area contributed by atoms with Gasteiger partial charge in [0.05, 0.1) is 22.2 Å². The van der Waals surface area contributed by atoms with Gasteiger partial charge in [0.25, 0.3) is 0 Å². The van der Waals surface area contributed by atoms with E-state index in [1.807, 2.05) is 6.92 Å². The molecular weight excluding hydrogens is 359 g/mol. The van der Waals surface area contributed by atoms with Crippen LogP contribution in [0.4, 0.5) is 0 Å². The predicted octanol–water partition coefficient (Wildman–Crippen LogP) is 2.43. The molecule has 3 atom stereocenters. The van der Waals surface area contributed by atoms with Crippen molar-refractivity contribution in [1.82, 2.24) is 4.72 Å². The second-order valence-corrected chi connectivity index (χ2v) is 7.64. The van der Waals surface area contributed by atoms with E-state index in [4.69, 9.17) is 45.3 Å². The molecule has 1 fully saturated rings. The summed E-state index contributed by atoms with van der Waals surface area (Å²) in [5.74, 6) is 0. The summed E-state index contributed by atoms with van der Waals surface area (Å²) in [5, 5.41) is 0.179. The SMILES string of the molecule is CCOC1CC(N)C1NS(=O)(=O)c1c(Cl)cc(Cl)cc1Cl. The lowest BCUT2D eigenvalue weighted by atomic mass is 9.84. The highest BCUT2D eigenvalue weighted by atomic mass is 35.5. The quantitative estimate of drug-likeness (QED) is 0.830. The zero-order chi connectivity index (χ0) is 15.8. The van der Waals surface area contributed by atoms with Gasteiger partial charge >= 0.3 is 0 Å². The van der Waals surface area contributed by atoms with Gasteiger partial charge in [0, 0.05) is 17.7 Å². The van der Waals surface area contributed by atoms with Crippen molar-refractivity contribution in [2.75, 3.05) is 6.61 Å². The van der Waals surface area contributed by atoms with E-state index in [9.17, 15) is 8.42 Å². The number of hydrogen-bond donors (Lipinski definition) is 2. The average molecular weight is 374 g/mol. The Morgan fingerprint density at radius 2 is 1.90 bits per heavy atom. The Hall–Kier alpha value is -0.0800. The molecule has 0 aromatic heterocycles. The molecule has 1 aliphatic rings. The number of ether oxygens (including phenoxy) is 1. The number of halogens is 3. The first-order valence-electron chi connectivity index (χ1n) is 6.30. The van der Waals surface area contributed by atoms with Crippen molar-refractivity contribution in [2.24, 2.45) is 5.73 Å². The highest BCUT2D eigenvalue weighted by Crippen LogP contribution is 2.34. The first-order chi connectivity index (χ1) is 9.76. The normalized spacial score (nSPS) is 25.7. The van der Waals surface area contributed by atoms with Crippen LogP contribution in [0.5, 0.6) is 0 Å². The summed E-state index contributed by atoms with van der Waals surface area (Å²) in [7, 11) is -3.92. The van der Waals surface area contributed by atoms with Crippen molar-refractivity contribution < 1.29 is 13.2 Å². The highest BCUT2D eigenvalue weighted by molar-refractivity contribution is 7.89. The monoisotopic (exact) mass is 372 g/mol. The van der Waals surface area contributed by atoms with Gasteiger partial charge in [0.1, 0.15) is 4.90 Å². The van der Waals surface area contributed by atoms with Gasteiger partial charge in [-0.2, -0.15) is 0 Å². The van der Waals surface area contributed by atoms with Gasteiger partial charge < -0.3 is 10.5 Å². The number of sulfonamides is 1. The Bertz CT molecular complexity index is 614. The number of benzene rings is 1. The van der Waals surface area contributed by atoms with E-state index >= 15 is 0 Å². The standard InChI is InChI=1S/C12H15Cl3N2O3S/c1-2-20-10-5-9(16)11(10)17-21(18,19)12-7(14)3-6(13)4-8(12)15/h3-4,9-11,17H,2,5,16H2,1H3. The molecule has 9 heteroatoms. The van der Waals surface area contributed by atoms with Crippen LogP contribution in [0.1, 0.15) is 13.3 Å². The summed E-state index contributed by atoms with van der Waals surface area (Å²) in [5.41, 5.74) is 5.83. The number of hydrogen-bond acceptors (Lipinski definition) is 4. The van der Waals surface area contributed by atoms with Crippen LogP contribution in [-0.2, 0) is 14.8 Å². The largest absolute Gasteiger partial charge is 0.377 e. The third kappa shape index (κ3) is 3.64. The Kier molecular flexibility index (Phi) is 5.41. The zero-order valence-corrected chi connectivity index (χ0v) is 14.2. The van der Waals surface area contributed by atoms with Crippen LogP contribution in [0.15, 0.2) is 17.0 Å². The lowest BCUT2D eigenvalue weighted by Crippen LogP contribution is -2.64. The summed E-state index contributed by atoms with van der Waals surface area (Å²) >= 11 is 17.7. The number of nitrogens with one attached hydrogen (secondary N) is 1. The van der Waals surface area contributed by atoms with E-state index in [-0.39, 0.29) is 32.1 Å². The van der Waals surface area contributed by atoms with Crippen LogP contribution in [0.3, 0.4) is 0 Å². The van der Waals surface area contributed by atoms with E-state index in [0.717, 1.165) is 0 Å². The molecule has 21 heavy (non-hydrogen) atoms. The maximum atomic E-state index is 12.4. The fraction of sp³-hybridized carbons (Fsp3) is 0.500. The molecule has 0 saturated heterocycles. The minimum absolute atomic E-state index is 0.0409. The van der Waals surface area contributed by atoms with Gasteiger partial charge in [-0.25, -0.2) is 13.1 Å². The van der Waals surface area contributed by atoms with Crippen LogP contribution in [0, 0.1) is 0 Å². The molecule has 1 aromatic carbocycles. The topological polar surface area (TPSA) is 81.4 Å². The summed E-state index contributed by atoms with van der Waals surface area (Å²) in [4.78, 5) is -0.204. The number of nitrogens with two attached hydrogens (primary N) is 1. The number of rotatable bonds is 5. The third-order valence-electron chi connectivity index (χ3n) is 3.27. The zero-order valence-electron chi connectivity index (χ0n) is 11.1. The lowest BCUT2D eigenvalue weighted by Gasteiger charge is -2.42. The smallest absolute Gasteiger partial charge is 0.243 e. The molecule has 0 aliphatic heterocycles. The van der Waals surface area contributed by atoms with Gasteiger partial charge in [0.2, 0.25) is 10.0 Å². The van der Waals surface area contributed by atoms with E-state index in [0.29, 0.717) is 13.0 Å². The molecule has 0 radical (unpaired) electrons. The molecule has 0 spiro atoms. The molecule has 0 bridgehead atoms. The Labute approximate surface area is 138 Å². The van der Waals surface area contributed by atoms with Crippen molar-refractivity contribution in [3.63, 3.8) is 0 Å². The molecule has 3 unspecified atom stereocenters.